The van der Waals surface area contributed by atoms with Gasteiger partial charge in [-0.1, -0.05) is 53.8 Å². The number of carbonyl (C=O) groups is 1. The quantitative estimate of drug-likeness (QED) is 0.272. The van der Waals surface area contributed by atoms with Crippen LogP contribution in [0.15, 0.2) is 59.8 Å². The molecule has 2 rings (SSSR count). The fourth-order valence-corrected chi connectivity index (χ4v) is 2.17. The van der Waals surface area contributed by atoms with Gasteiger partial charge in [0.25, 0.3) is 0 Å². The van der Waals surface area contributed by atoms with Crippen LogP contribution in [0.5, 0.6) is 0 Å². The molecule has 112 valence electrons. The van der Waals surface area contributed by atoms with E-state index in [0.717, 1.165) is 5.56 Å². The van der Waals surface area contributed by atoms with Gasteiger partial charge in [-0.3, -0.25) is 10.2 Å². The molecule has 0 aliphatic heterocycles. The second-order valence-electron chi connectivity index (χ2n) is 4.93. The highest BCUT2D eigenvalue weighted by Crippen LogP contribution is 2.21. The van der Waals surface area contributed by atoms with Crippen LogP contribution in [0, 0.1) is 17.9 Å². The molecule has 5 nitrogen and oxygen atoms in total. The Hall–Kier alpha value is -2.82. The number of nitrogens with zero attached hydrogens (tertiary/aromatic N) is 2. The number of benzene rings is 2. The van der Waals surface area contributed by atoms with E-state index in [-0.39, 0.29) is 24.5 Å². The average molecular weight is 294 g/mol. The average Bonchev–Trinajstić information content (AvgIpc) is 2.56. The van der Waals surface area contributed by atoms with Gasteiger partial charge in [-0.2, -0.15) is 5.53 Å². The molecule has 0 spiro atoms. The lowest BCUT2D eigenvalue weighted by molar-refractivity contribution is 0.0984. The predicted molar refractivity (Wildman–Crippen MR) is 86.5 cm³/mol. The van der Waals surface area contributed by atoms with Gasteiger partial charge >= 0.3 is 0 Å². The third-order valence-electron chi connectivity index (χ3n) is 3.38. The van der Waals surface area contributed by atoms with Gasteiger partial charge in [-0.25, -0.2) is 5.01 Å². The molecule has 2 N–H and O–H groups in total. The van der Waals surface area contributed by atoms with Crippen LogP contribution >= 0.6 is 0 Å². The Morgan fingerprint density at radius 3 is 2.32 bits per heavy atom. The van der Waals surface area contributed by atoms with Gasteiger partial charge in [-0.15, -0.1) is 0 Å². The molecule has 0 bridgehead atoms. The fourth-order valence-electron chi connectivity index (χ4n) is 2.17. The van der Waals surface area contributed by atoms with Crippen molar-refractivity contribution in [2.45, 2.75) is 19.8 Å². The molecule has 0 radical (unpaired) electrons. The van der Waals surface area contributed by atoms with Gasteiger partial charge < -0.3 is 0 Å². The van der Waals surface area contributed by atoms with E-state index in [9.17, 15) is 4.79 Å². The molecule has 0 saturated carbocycles. The second-order valence-corrected chi connectivity index (χ2v) is 4.93. The summed E-state index contributed by atoms with van der Waals surface area (Å²) in [6, 6.07) is 16.5. The van der Waals surface area contributed by atoms with Crippen LogP contribution in [0.25, 0.3) is 0 Å². The highest BCUT2D eigenvalue weighted by Gasteiger charge is 2.15. The number of ketones is 1. The number of hydrogen-bond donors (Lipinski definition) is 2. The molecular formula is C17H18N4O. The Balaban J connectivity index is 2.03. The Kier molecular flexibility index (Phi) is 5.14. The van der Waals surface area contributed by atoms with Gasteiger partial charge in [0.1, 0.15) is 5.84 Å². The maximum Gasteiger partial charge on any atom is 0.163 e. The molecule has 0 amide bonds. The Bertz CT molecular complexity index is 682. The lowest BCUT2D eigenvalue weighted by Gasteiger charge is -2.19. The molecule has 2 aromatic rings. The maximum atomic E-state index is 12.1. The van der Waals surface area contributed by atoms with Gasteiger partial charge in [-0.05, 0) is 18.6 Å². The molecule has 5 heteroatoms. The first-order valence-electron chi connectivity index (χ1n) is 7.02. The first kappa shape index (κ1) is 15.6. The van der Waals surface area contributed by atoms with Crippen molar-refractivity contribution in [1.29, 1.82) is 10.9 Å². The molecular weight excluding hydrogens is 276 g/mol. The summed E-state index contributed by atoms with van der Waals surface area (Å²) in [6.07, 6.45) is 0.463. The highest BCUT2D eigenvalue weighted by molar-refractivity contribution is 6.01. The Labute approximate surface area is 129 Å². The minimum Gasteiger partial charge on any atom is -0.294 e. The SMILES string of the molecule is Cc1ccccc1N(N=N)C(=N)CCC(=O)c1ccccc1. The lowest BCUT2D eigenvalue weighted by atomic mass is 10.1. The molecule has 0 saturated heterocycles. The van der Waals surface area contributed by atoms with Crippen LogP contribution in [0.3, 0.4) is 0 Å². The number of amidine groups is 1. The van der Waals surface area contributed by atoms with Crippen LogP contribution in [-0.2, 0) is 0 Å². The van der Waals surface area contributed by atoms with Crippen LogP contribution in [0.4, 0.5) is 5.69 Å². The van der Waals surface area contributed by atoms with Crippen molar-refractivity contribution < 1.29 is 4.79 Å². The van der Waals surface area contributed by atoms with E-state index in [1.54, 1.807) is 18.2 Å². The summed E-state index contributed by atoms with van der Waals surface area (Å²) in [5.41, 5.74) is 9.56. The number of Topliss-reactive ketones (excluding diaryl/α,β-unsaturated/α-hetero) is 1. The zero-order valence-electron chi connectivity index (χ0n) is 12.4. The minimum absolute atomic E-state index is 0.0138. The lowest BCUT2D eigenvalue weighted by Crippen LogP contribution is -2.25. The summed E-state index contributed by atoms with van der Waals surface area (Å²) < 4.78 is 0. The minimum atomic E-state index is -0.0138. The Morgan fingerprint density at radius 2 is 1.68 bits per heavy atom. The van der Waals surface area contributed by atoms with Crippen LogP contribution < -0.4 is 5.01 Å². The molecule has 0 aliphatic rings. The van der Waals surface area contributed by atoms with Crippen LogP contribution in [0.1, 0.15) is 28.8 Å². The number of rotatable bonds is 6. The normalized spacial score (nSPS) is 10.0. The zero-order chi connectivity index (χ0) is 15.9. The van der Waals surface area contributed by atoms with E-state index in [1.165, 1.54) is 5.01 Å². The molecule has 0 aromatic heterocycles. The molecule has 0 aliphatic carbocycles. The van der Waals surface area contributed by atoms with E-state index < -0.39 is 0 Å². The maximum absolute atomic E-state index is 12.1. The standard InChI is InChI=1S/C17H18N4O/c1-13-7-5-6-10-15(13)21(20-19)17(18)12-11-16(22)14-8-3-2-4-9-14/h2-10,18-19H,11-12H2,1H3. The van der Waals surface area contributed by atoms with Crippen molar-refractivity contribution >= 4 is 17.3 Å². The third kappa shape index (κ3) is 3.63. The first-order valence-corrected chi connectivity index (χ1v) is 7.02. The molecule has 0 fully saturated rings. The van der Waals surface area contributed by atoms with E-state index >= 15 is 0 Å². The summed E-state index contributed by atoms with van der Waals surface area (Å²) in [5.74, 6) is 0.119. The van der Waals surface area contributed by atoms with Crippen molar-refractivity contribution in [2.75, 3.05) is 5.01 Å². The van der Waals surface area contributed by atoms with Crippen LogP contribution in [0.2, 0.25) is 0 Å². The van der Waals surface area contributed by atoms with Gasteiger partial charge in [0.2, 0.25) is 0 Å². The smallest absolute Gasteiger partial charge is 0.163 e. The molecule has 0 atom stereocenters. The van der Waals surface area contributed by atoms with E-state index in [4.69, 9.17) is 10.9 Å². The number of nitrogens with one attached hydrogen (secondary N) is 2. The zero-order valence-corrected chi connectivity index (χ0v) is 12.4. The summed E-state index contributed by atoms with van der Waals surface area (Å²) in [6.45, 7) is 1.90. The van der Waals surface area contributed by atoms with Gasteiger partial charge in [0.15, 0.2) is 5.78 Å². The number of hydrogen-bond acceptors (Lipinski definition) is 4. The van der Waals surface area contributed by atoms with Crippen molar-refractivity contribution in [3.63, 3.8) is 0 Å². The van der Waals surface area contributed by atoms with Crippen molar-refractivity contribution in [2.24, 2.45) is 5.22 Å². The molecule has 0 unspecified atom stereocenters. The summed E-state index contributed by atoms with van der Waals surface area (Å²) in [5, 5.41) is 12.8. The van der Waals surface area contributed by atoms with E-state index in [2.05, 4.69) is 5.22 Å². The highest BCUT2D eigenvalue weighted by atomic mass is 16.1. The summed E-state index contributed by atoms with van der Waals surface area (Å²) in [4.78, 5) is 12.1. The van der Waals surface area contributed by atoms with E-state index in [1.807, 2.05) is 43.3 Å². The third-order valence-corrected chi connectivity index (χ3v) is 3.38. The van der Waals surface area contributed by atoms with Gasteiger partial charge in [0.05, 0.1) is 5.69 Å². The summed E-state index contributed by atoms with van der Waals surface area (Å²) >= 11 is 0. The number of aryl methyl sites for hydroxylation is 1. The topological polar surface area (TPSA) is 80.4 Å². The molecule has 2 aromatic carbocycles. The fraction of sp³-hybridized carbons (Fsp3) is 0.176. The first-order chi connectivity index (χ1) is 10.6. The molecule has 0 heterocycles. The van der Waals surface area contributed by atoms with Crippen molar-refractivity contribution in [1.82, 2.24) is 0 Å². The van der Waals surface area contributed by atoms with Crippen molar-refractivity contribution in [3.05, 3.63) is 65.7 Å². The Morgan fingerprint density at radius 1 is 1.05 bits per heavy atom. The second kappa shape index (κ2) is 7.26. The predicted octanol–water partition coefficient (Wildman–Crippen LogP) is 4.39. The number of anilines is 1. The van der Waals surface area contributed by atoms with Crippen LogP contribution in [-0.4, -0.2) is 11.6 Å². The molecule has 22 heavy (non-hydrogen) atoms. The largest absolute Gasteiger partial charge is 0.294 e. The summed E-state index contributed by atoms with van der Waals surface area (Å²) in [7, 11) is 0. The number of carbonyl (C=O) groups excluding carboxylic acids is 1. The monoisotopic (exact) mass is 294 g/mol. The van der Waals surface area contributed by atoms with Gasteiger partial charge in [0, 0.05) is 18.4 Å². The number of para-hydroxylation sites is 1. The van der Waals surface area contributed by atoms with Crippen molar-refractivity contribution in [3.8, 4) is 0 Å². The van der Waals surface area contributed by atoms with E-state index in [0.29, 0.717) is 11.3 Å².